The number of guanidine groups is 1. The molecule has 7 nitrogen and oxygen atoms in total. The quantitative estimate of drug-likeness (QED) is 0.216. The van der Waals surface area contributed by atoms with Gasteiger partial charge in [0.05, 0.1) is 12.2 Å². The molecule has 0 radical (unpaired) electrons. The molecule has 2 aliphatic rings. The Bertz CT molecular complexity index is 387. The van der Waals surface area contributed by atoms with Crippen molar-refractivity contribution in [1.82, 2.24) is 10.2 Å². The summed E-state index contributed by atoms with van der Waals surface area (Å²) in [4.78, 5) is 6.76. The van der Waals surface area contributed by atoms with Gasteiger partial charge in [0.25, 0.3) is 0 Å². The van der Waals surface area contributed by atoms with Crippen molar-refractivity contribution >= 4 is 29.9 Å². The molecule has 0 amide bonds. The highest BCUT2D eigenvalue weighted by Crippen LogP contribution is 2.14. The Kier molecular flexibility index (Phi) is 14.5. The Hall–Kier alpha value is -0.160. The Morgan fingerprint density at radius 3 is 2.26 bits per heavy atom. The summed E-state index contributed by atoms with van der Waals surface area (Å²) < 4.78 is 22.2. The summed E-state index contributed by atoms with van der Waals surface area (Å²) in [5.74, 6) is 0.994. The van der Waals surface area contributed by atoms with Gasteiger partial charge in [0, 0.05) is 66.8 Å². The number of methoxy groups -OCH3 is 1. The molecular weight excluding hydrogens is 461 g/mol. The molecule has 0 aliphatic carbocycles. The minimum atomic E-state index is 0. The van der Waals surface area contributed by atoms with Gasteiger partial charge in [0.2, 0.25) is 0 Å². The molecule has 2 aliphatic heterocycles. The molecule has 0 aromatic heterocycles. The summed E-state index contributed by atoms with van der Waals surface area (Å²) in [5, 5.41) is 3.47. The molecule has 0 bridgehead atoms. The Morgan fingerprint density at radius 2 is 1.63 bits per heavy atom. The fourth-order valence-corrected chi connectivity index (χ4v) is 3.38. The van der Waals surface area contributed by atoms with Crippen LogP contribution in [0.2, 0.25) is 0 Å². The highest BCUT2D eigenvalue weighted by Gasteiger charge is 2.21. The maximum absolute atomic E-state index is 5.93. The van der Waals surface area contributed by atoms with Crippen molar-refractivity contribution in [3.63, 3.8) is 0 Å². The van der Waals surface area contributed by atoms with Gasteiger partial charge in [-0.15, -0.1) is 24.0 Å². The van der Waals surface area contributed by atoms with Gasteiger partial charge in [0.15, 0.2) is 5.96 Å². The van der Waals surface area contributed by atoms with Crippen LogP contribution in [0.4, 0.5) is 0 Å². The van der Waals surface area contributed by atoms with E-state index in [1.807, 2.05) is 7.05 Å². The van der Waals surface area contributed by atoms with E-state index in [0.717, 1.165) is 97.2 Å². The van der Waals surface area contributed by atoms with E-state index < -0.39 is 0 Å². The summed E-state index contributed by atoms with van der Waals surface area (Å²) in [7, 11) is 3.59. The molecule has 0 aromatic carbocycles. The highest BCUT2D eigenvalue weighted by atomic mass is 127. The number of hydrogen-bond donors (Lipinski definition) is 1. The number of nitrogens with zero attached hydrogens (tertiary/aromatic N) is 2. The van der Waals surface area contributed by atoms with E-state index in [4.69, 9.17) is 18.9 Å². The Labute approximate surface area is 181 Å². The molecule has 0 saturated carbocycles. The highest BCUT2D eigenvalue weighted by molar-refractivity contribution is 14.0. The molecule has 2 fully saturated rings. The molecule has 0 aromatic rings. The van der Waals surface area contributed by atoms with E-state index in [-0.39, 0.29) is 24.0 Å². The van der Waals surface area contributed by atoms with Gasteiger partial charge in [-0.05, 0) is 38.5 Å². The summed E-state index contributed by atoms with van der Waals surface area (Å²) >= 11 is 0. The number of ether oxygens (including phenoxy) is 4. The summed E-state index contributed by atoms with van der Waals surface area (Å²) in [6.45, 7) is 6.91. The van der Waals surface area contributed by atoms with Crippen LogP contribution in [-0.2, 0) is 18.9 Å². The van der Waals surface area contributed by atoms with Crippen LogP contribution in [0.1, 0.15) is 38.5 Å². The Morgan fingerprint density at radius 1 is 1.00 bits per heavy atom. The lowest BCUT2D eigenvalue weighted by atomic mass is 10.1. The van der Waals surface area contributed by atoms with Crippen LogP contribution < -0.4 is 5.32 Å². The smallest absolute Gasteiger partial charge is 0.193 e. The number of hydrogen-bond acceptors (Lipinski definition) is 5. The van der Waals surface area contributed by atoms with Crippen LogP contribution in [0.5, 0.6) is 0 Å². The molecular formula is C19H38IN3O4. The van der Waals surface area contributed by atoms with Crippen molar-refractivity contribution in [1.29, 1.82) is 0 Å². The van der Waals surface area contributed by atoms with Gasteiger partial charge in [-0.1, -0.05) is 0 Å². The first-order valence-corrected chi connectivity index (χ1v) is 10.1. The zero-order valence-corrected chi connectivity index (χ0v) is 19.3. The second kappa shape index (κ2) is 15.7. The zero-order valence-electron chi connectivity index (χ0n) is 17.0. The van der Waals surface area contributed by atoms with Crippen LogP contribution >= 0.6 is 24.0 Å². The summed E-state index contributed by atoms with van der Waals surface area (Å²) in [6.07, 6.45) is 6.88. The van der Waals surface area contributed by atoms with E-state index in [1.165, 1.54) is 0 Å². The van der Waals surface area contributed by atoms with Crippen LogP contribution in [0, 0.1) is 0 Å². The zero-order chi connectivity index (χ0) is 18.5. The van der Waals surface area contributed by atoms with E-state index in [0.29, 0.717) is 12.2 Å². The maximum Gasteiger partial charge on any atom is 0.193 e. The molecule has 1 N–H and O–H groups in total. The molecule has 0 atom stereocenters. The summed E-state index contributed by atoms with van der Waals surface area (Å²) in [6, 6.07) is 0. The SMILES string of the molecule is CN=C(NCCCOC1CCOCC1)N1CCC(OCCCOC)CC1.I. The summed E-state index contributed by atoms with van der Waals surface area (Å²) in [5.41, 5.74) is 0. The third-order valence-electron chi connectivity index (χ3n) is 4.93. The van der Waals surface area contributed by atoms with Crippen LogP contribution in [-0.4, -0.2) is 89.9 Å². The van der Waals surface area contributed by atoms with Crippen molar-refractivity contribution in [2.75, 3.05) is 66.8 Å². The molecule has 8 heteroatoms. The number of piperidine rings is 1. The largest absolute Gasteiger partial charge is 0.385 e. The van der Waals surface area contributed by atoms with Crippen molar-refractivity contribution < 1.29 is 18.9 Å². The van der Waals surface area contributed by atoms with Gasteiger partial charge < -0.3 is 29.2 Å². The van der Waals surface area contributed by atoms with Crippen molar-refractivity contribution in [3.05, 3.63) is 0 Å². The number of nitrogens with one attached hydrogen (secondary N) is 1. The standard InChI is InChI=1S/C19H37N3O4.HI/c1-20-19(21-9-3-13-25-18-7-15-24-16-8-18)22-10-5-17(6-11-22)26-14-4-12-23-2;/h17-18H,3-16H2,1-2H3,(H,20,21);1H. The van der Waals surface area contributed by atoms with Crippen LogP contribution in [0.3, 0.4) is 0 Å². The topological polar surface area (TPSA) is 64.6 Å². The molecule has 0 unspecified atom stereocenters. The minimum absolute atomic E-state index is 0. The van der Waals surface area contributed by atoms with E-state index in [9.17, 15) is 0 Å². The predicted molar refractivity (Wildman–Crippen MR) is 118 cm³/mol. The van der Waals surface area contributed by atoms with Gasteiger partial charge in [-0.2, -0.15) is 0 Å². The third-order valence-corrected chi connectivity index (χ3v) is 4.93. The average molecular weight is 499 g/mol. The van der Waals surface area contributed by atoms with E-state index >= 15 is 0 Å². The first-order chi connectivity index (χ1) is 12.8. The number of rotatable bonds is 10. The number of aliphatic imine (C=N–C) groups is 1. The normalized spacial score (nSPS) is 19.8. The molecule has 2 rings (SSSR count). The lowest BCUT2D eigenvalue weighted by Crippen LogP contribution is -2.47. The average Bonchev–Trinajstić information content (AvgIpc) is 2.69. The van der Waals surface area contributed by atoms with Crippen LogP contribution in [0.15, 0.2) is 4.99 Å². The lowest BCUT2D eigenvalue weighted by Gasteiger charge is -2.34. The molecule has 2 saturated heterocycles. The van der Waals surface area contributed by atoms with Crippen molar-refractivity contribution in [2.45, 2.75) is 50.7 Å². The van der Waals surface area contributed by atoms with Crippen molar-refractivity contribution in [2.24, 2.45) is 4.99 Å². The van der Waals surface area contributed by atoms with Crippen molar-refractivity contribution in [3.8, 4) is 0 Å². The van der Waals surface area contributed by atoms with Gasteiger partial charge in [-0.3, -0.25) is 4.99 Å². The first-order valence-electron chi connectivity index (χ1n) is 10.1. The molecule has 27 heavy (non-hydrogen) atoms. The molecule has 0 spiro atoms. The van der Waals surface area contributed by atoms with Gasteiger partial charge >= 0.3 is 0 Å². The lowest BCUT2D eigenvalue weighted by molar-refractivity contribution is -0.0320. The fourth-order valence-electron chi connectivity index (χ4n) is 3.38. The fraction of sp³-hybridized carbons (Fsp3) is 0.947. The van der Waals surface area contributed by atoms with E-state index in [2.05, 4.69) is 15.2 Å². The van der Waals surface area contributed by atoms with Gasteiger partial charge in [0.1, 0.15) is 0 Å². The first kappa shape index (κ1) is 24.9. The number of halogens is 1. The van der Waals surface area contributed by atoms with Crippen LogP contribution in [0.25, 0.3) is 0 Å². The monoisotopic (exact) mass is 499 g/mol. The molecule has 2 heterocycles. The van der Waals surface area contributed by atoms with E-state index in [1.54, 1.807) is 7.11 Å². The van der Waals surface area contributed by atoms with Gasteiger partial charge in [-0.25, -0.2) is 0 Å². The second-order valence-electron chi connectivity index (χ2n) is 6.91. The predicted octanol–water partition coefficient (Wildman–Crippen LogP) is 2.28. The second-order valence-corrected chi connectivity index (χ2v) is 6.91. The minimum Gasteiger partial charge on any atom is -0.385 e. The Balaban J connectivity index is 0.00000364. The third kappa shape index (κ3) is 10.3. The number of likely N-dealkylation sites (tertiary alicyclic amines) is 1. The maximum atomic E-state index is 5.93. The molecule has 160 valence electrons.